The van der Waals surface area contributed by atoms with Crippen LogP contribution >= 0.6 is 0 Å². The molecule has 0 radical (unpaired) electrons. The minimum Gasteiger partial charge on any atom is -0.392 e. The minimum absolute atomic E-state index is 0.0114. The van der Waals surface area contributed by atoms with Crippen molar-refractivity contribution in [2.45, 2.75) is 56.5 Å². The Balaban J connectivity index is 2.25. The molecule has 0 spiro atoms. The van der Waals surface area contributed by atoms with Gasteiger partial charge in [0.25, 0.3) is 0 Å². The molecule has 1 N–H and O–H groups in total. The lowest BCUT2D eigenvalue weighted by Gasteiger charge is -2.42. The highest BCUT2D eigenvalue weighted by molar-refractivity contribution is 5.27. The predicted molar refractivity (Wildman–Crippen MR) is 76.6 cm³/mol. The Kier molecular flexibility index (Phi) is 4.60. The summed E-state index contributed by atoms with van der Waals surface area (Å²) in [6.07, 6.45) is 9.42. The van der Waals surface area contributed by atoms with Crippen molar-refractivity contribution in [3.05, 3.63) is 48.6 Å². The van der Waals surface area contributed by atoms with E-state index in [1.807, 2.05) is 6.08 Å². The predicted octanol–water partition coefficient (Wildman–Crippen LogP) is 4.22. The number of hydrogen-bond acceptors (Lipinski definition) is 1. The second-order valence-corrected chi connectivity index (χ2v) is 5.46. The van der Waals surface area contributed by atoms with Crippen LogP contribution in [0.15, 0.2) is 43.0 Å². The third-order valence-corrected chi connectivity index (χ3v) is 4.38. The molecular weight excluding hydrogens is 220 g/mol. The Morgan fingerprint density at radius 2 is 1.83 bits per heavy atom. The van der Waals surface area contributed by atoms with Crippen LogP contribution in [0.3, 0.4) is 0 Å². The van der Waals surface area contributed by atoms with Gasteiger partial charge in [0.15, 0.2) is 0 Å². The van der Waals surface area contributed by atoms with E-state index in [4.69, 9.17) is 0 Å². The molecule has 1 aromatic carbocycles. The van der Waals surface area contributed by atoms with Gasteiger partial charge in [-0.1, -0.05) is 55.7 Å². The van der Waals surface area contributed by atoms with E-state index in [0.29, 0.717) is 0 Å². The van der Waals surface area contributed by atoms with E-state index in [1.165, 1.54) is 24.8 Å². The van der Waals surface area contributed by atoms with Gasteiger partial charge >= 0.3 is 0 Å². The zero-order chi connectivity index (χ0) is 12.8. The van der Waals surface area contributed by atoms with E-state index in [0.717, 1.165) is 25.7 Å². The molecule has 0 aliphatic heterocycles. The van der Waals surface area contributed by atoms with Crippen molar-refractivity contribution < 1.29 is 5.11 Å². The van der Waals surface area contributed by atoms with E-state index >= 15 is 0 Å². The molecule has 1 unspecified atom stereocenters. The van der Waals surface area contributed by atoms with Gasteiger partial charge in [-0.05, 0) is 31.2 Å². The average molecular weight is 244 g/mol. The molecule has 1 atom stereocenters. The van der Waals surface area contributed by atoms with Gasteiger partial charge in [0.1, 0.15) is 0 Å². The van der Waals surface area contributed by atoms with Crippen molar-refractivity contribution in [1.82, 2.24) is 0 Å². The third-order valence-electron chi connectivity index (χ3n) is 4.38. The van der Waals surface area contributed by atoms with Crippen molar-refractivity contribution in [1.29, 1.82) is 0 Å². The van der Waals surface area contributed by atoms with Gasteiger partial charge in [0.2, 0.25) is 0 Å². The number of hydrogen-bond donors (Lipinski definition) is 1. The van der Waals surface area contributed by atoms with Crippen molar-refractivity contribution in [2.75, 3.05) is 0 Å². The molecule has 0 bridgehead atoms. The highest BCUT2D eigenvalue weighted by Crippen LogP contribution is 2.43. The van der Waals surface area contributed by atoms with Crippen LogP contribution in [0.25, 0.3) is 0 Å². The van der Waals surface area contributed by atoms with Crippen molar-refractivity contribution in [2.24, 2.45) is 0 Å². The van der Waals surface area contributed by atoms with E-state index in [-0.39, 0.29) is 11.5 Å². The molecule has 0 heterocycles. The number of aliphatic hydroxyl groups is 1. The summed E-state index contributed by atoms with van der Waals surface area (Å²) < 4.78 is 0. The topological polar surface area (TPSA) is 20.2 Å². The molecule has 1 fully saturated rings. The van der Waals surface area contributed by atoms with Crippen LogP contribution in [-0.4, -0.2) is 11.2 Å². The Morgan fingerprint density at radius 3 is 2.44 bits per heavy atom. The molecular formula is C17H24O. The maximum Gasteiger partial charge on any atom is 0.0639 e. The smallest absolute Gasteiger partial charge is 0.0639 e. The Hall–Kier alpha value is -1.08. The maximum atomic E-state index is 10.7. The standard InChI is InChI=1S/C17H24O/c1-2-3-12-16(18)17(13-8-5-9-14-17)15-10-6-4-7-11-15/h2,4,6-7,10-11,16,18H,1,3,5,8-9,12-14H2. The van der Waals surface area contributed by atoms with Crippen molar-refractivity contribution in [3.63, 3.8) is 0 Å². The molecule has 0 amide bonds. The van der Waals surface area contributed by atoms with Gasteiger partial charge in [-0.2, -0.15) is 0 Å². The lowest BCUT2D eigenvalue weighted by atomic mass is 9.65. The summed E-state index contributed by atoms with van der Waals surface area (Å²) in [4.78, 5) is 0. The monoisotopic (exact) mass is 244 g/mol. The molecule has 0 aromatic heterocycles. The van der Waals surface area contributed by atoms with Gasteiger partial charge in [-0.3, -0.25) is 0 Å². The van der Waals surface area contributed by atoms with Gasteiger partial charge in [0.05, 0.1) is 6.10 Å². The molecule has 1 aliphatic rings. The van der Waals surface area contributed by atoms with Crippen molar-refractivity contribution in [3.8, 4) is 0 Å². The number of aliphatic hydroxyl groups excluding tert-OH is 1. The SMILES string of the molecule is C=CCCC(O)C1(c2ccccc2)CCCCC1. The fourth-order valence-electron chi connectivity index (χ4n) is 3.32. The zero-order valence-corrected chi connectivity index (χ0v) is 11.1. The molecule has 1 aliphatic carbocycles. The van der Waals surface area contributed by atoms with E-state index in [2.05, 4.69) is 36.9 Å². The number of allylic oxidation sites excluding steroid dienone is 1. The second kappa shape index (κ2) is 6.19. The summed E-state index contributed by atoms with van der Waals surface area (Å²) in [6.45, 7) is 3.76. The van der Waals surface area contributed by atoms with Gasteiger partial charge in [-0.25, -0.2) is 0 Å². The summed E-state index contributed by atoms with van der Waals surface area (Å²) in [5.41, 5.74) is 1.31. The summed E-state index contributed by atoms with van der Waals surface area (Å²) in [6, 6.07) is 10.6. The normalized spacial score (nSPS) is 20.3. The van der Waals surface area contributed by atoms with E-state index in [9.17, 15) is 5.11 Å². The molecule has 1 nitrogen and oxygen atoms in total. The fraction of sp³-hybridized carbons (Fsp3) is 0.529. The number of benzene rings is 1. The molecule has 1 heteroatoms. The van der Waals surface area contributed by atoms with E-state index < -0.39 is 0 Å². The van der Waals surface area contributed by atoms with Crippen LogP contribution in [0.5, 0.6) is 0 Å². The first-order chi connectivity index (χ1) is 8.79. The first-order valence-corrected chi connectivity index (χ1v) is 7.14. The summed E-state index contributed by atoms with van der Waals surface area (Å²) >= 11 is 0. The molecule has 2 rings (SSSR count). The maximum absolute atomic E-state index is 10.7. The van der Waals surface area contributed by atoms with E-state index in [1.54, 1.807) is 0 Å². The largest absolute Gasteiger partial charge is 0.392 e. The molecule has 18 heavy (non-hydrogen) atoms. The average Bonchev–Trinajstić information content (AvgIpc) is 2.46. The minimum atomic E-state index is -0.238. The lowest BCUT2D eigenvalue weighted by molar-refractivity contribution is 0.0477. The van der Waals surface area contributed by atoms with Crippen LogP contribution in [-0.2, 0) is 5.41 Å². The van der Waals surface area contributed by atoms with Crippen LogP contribution in [0.1, 0.15) is 50.5 Å². The van der Waals surface area contributed by atoms with Crippen molar-refractivity contribution >= 4 is 0 Å². The van der Waals surface area contributed by atoms with Crippen LogP contribution in [0, 0.1) is 0 Å². The third kappa shape index (κ3) is 2.67. The molecule has 98 valence electrons. The van der Waals surface area contributed by atoms with Gasteiger partial charge in [0, 0.05) is 5.41 Å². The number of rotatable bonds is 5. The lowest BCUT2D eigenvalue weighted by Crippen LogP contribution is -2.41. The van der Waals surface area contributed by atoms with Crippen LogP contribution in [0.4, 0.5) is 0 Å². The second-order valence-electron chi connectivity index (χ2n) is 5.46. The van der Waals surface area contributed by atoms with Crippen LogP contribution in [0.2, 0.25) is 0 Å². The fourth-order valence-corrected chi connectivity index (χ4v) is 3.32. The van der Waals surface area contributed by atoms with Gasteiger partial charge in [-0.15, -0.1) is 6.58 Å². The first kappa shape index (κ1) is 13.4. The molecule has 1 aromatic rings. The highest BCUT2D eigenvalue weighted by Gasteiger charge is 2.39. The quantitative estimate of drug-likeness (QED) is 0.769. The Morgan fingerprint density at radius 1 is 1.17 bits per heavy atom. The van der Waals surface area contributed by atoms with Crippen LogP contribution < -0.4 is 0 Å². The summed E-state index contributed by atoms with van der Waals surface area (Å²) in [7, 11) is 0. The molecule has 1 saturated carbocycles. The Bertz CT molecular complexity index is 362. The molecule has 0 saturated heterocycles. The highest BCUT2D eigenvalue weighted by atomic mass is 16.3. The first-order valence-electron chi connectivity index (χ1n) is 7.14. The van der Waals surface area contributed by atoms with Gasteiger partial charge < -0.3 is 5.11 Å². The summed E-state index contributed by atoms with van der Waals surface area (Å²) in [5.74, 6) is 0. The zero-order valence-electron chi connectivity index (χ0n) is 11.1. The Labute approximate surface area is 111 Å². The summed E-state index contributed by atoms with van der Waals surface area (Å²) in [5, 5.41) is 10.7.